The van der Waals surface area contributed by atoms with Gasteiger partial charge in [0.1, 0.15) is 0 Å². The zero-order chi connectivity index (χ0) is 12.4. The lowest BCUT2D eigenvalue weighted by Gasteiger charge is -2.12. The summed E-state index contributed by atoms with van der Waals surface area (Å²) in [6, 6.07) is 7.63. The molecule has 1 aromatic carbocycles. The van der Waals surface area contributed by atoms with Gasteiger partial charge in [-0.15, -0.1) is 0 Å². The molecule has 0 amide bonds. The van der Waals surface area contributed by atoms with Crippen molar-refractivity contribution in [1.82, 2.24) is 4.57 Å². The number of rotatable bonds is 3. The van der Waals surface area contributed by atoms with Gasteiger partial charge >= 0.3 is 0 Å². The van der Waals surface area contributed by atoms with E-state index in [1.54, 1.807) is 20.3 Å². The third kappa shape index (κ3) is 2.11. The van der Waals surface area contributed by atoms with Gasteiger partial charge in [-0.1, -0.05) is 11.6 Å². The van der Waals surface area contributed by atoms with E-state index < -0.39 is 0 Å². The molecule has 0 aliphatic heterocycles. The van der Waals surface area contributed by atoms with Gasteiger partial charge in [-0.25, -0.2) is 0 Å². The molecule has 3 nitrogen and oxygen atoms in total. The maximum atomic E-state index is 6.25. The van der Waals surface area contributed by atoms with Crippen LogP contribution in [-0.2, 0) is 7.05 Å². The van der Waals surface area contributed by atoms with E-state index in [0.29, 0.717) is 16.5 Å². The highest BCUT2D eigenvalue weighted by atomic mass is 35.5. The first-order chi connectivity index (χ1) is 8.17. The van der Waals surface area contributed by atoms with E-state index in [9.17, 15) is 0 Å². The van der Waals surface area contributed by atoms with Crippen molar-refractivity contribution in [3.63, 3.8) is 0 Å². The number of aromatic nitrogens is 1. The molecule has 2 rings (SSSR count). The Labute approximate surface area is 106 Å². The molecule has 0 saturated carbocycles. The first-order valence-electron chi connectivity index (χ1n) is 5.20. The fourth-order valence-electron chi connectivity index (χ4n) is 1.79. The zero-order valence-electron chi connectivity index (χ0n) is 10.0. The molecule has 0 fully saturated rings. The Balaban J connectivity index is 2.59. The lowest BCUT2D eigenvalue weighted by Crippen LogP contribution is -1.94. The number of hydrogen-bond acceptors (Lipinski definition) is 2. The van der Waals surface area contributed by atoms with Gasteiger partial charge in [0.15, 0.2) is 11.5 Å². The van der Waals surface area contributed by atoms with Crippen LogP contribution in [0.4, 0.5) is 0 Å². The summed E-state index contributed by atoms with van der Waals surface area (Å²) in [5.41, 5.74) is 1.97. The van der Waals surface area contributed by atoms with E-state index >= 15 is 0 Å². The third-order valence-corrected chi connectivity index (χ3v) is 3.01. The van der Waals surface area contributed by atoms with Crippen LogP contribution >= 0.6 is 11.6 Å². The van der Waals surface area contributed by atoms with Crippen molar-refractivity contribution in [2.75, 3.05) is 14.2 Å². The summed E-state index contributed by atoms with van der Waals surface area (Å²) in [5, 5.41) is 0.643. The largest absolute Gasteiger partial charge is 0.493 e. The molecule has 0 N–H and O–H groups in total. The highest BCUT2D eigenvalue weighted by Gasteiger charge is 2.12. The Morgan fingerprint density at radius 3 is 2.29 bits per heavy atom. The van der Waals surface area contributed by atoms with Gasteiger partial charge in [-0.3, -0.25) is 0 Å². The maximum absolute atomic E-state index is 6.25. The van der Waals surface area contributed by atoms with Crippen molar-refractivity contribution in [2.24, 2.45) is 7.05 Å². The number of methoxy groups -OCH3 is 2. The van der Waals surface area contributed by atoms with Crippen LogP contribution in [0.5, 0.6) is 11.5 Å². The van der Waals surface area contributed by atoms with Crippen molar-refractivity contribution in [3.8, 4) is 22.8 Å². The summed E-state index contributed by atoms with van der Waals surface area (Å²) < 4.78 is 12.5. The van der Waals surface area contributed by atoms with Crippen LogP contribution in [0.3, 0.4) is 0 Å². The molecule has 90 valence electrons. The van der Waals surface area contributed by atoms with Crippen molar-refractivity contribution < 1.29 is 9.47 Å². The van der Waals surface area contributed by atoms with Crippen LogP contribution in [-0.4, -0.2) is 18.8 Å². The zero-order valence-corrected chi connectivity index (χ0v) is 10.8. The minimum absolute atomic E-state index is 0.635. The molecule has 0 aliphatic carbocycles. The highest BCUT2D eigenvalue weighted by Crippen LogP contribution is 2.38. The minimum Gasteiger partial charge on any atom is -0.493 e. The molecular weight excluding hydrogens is 238 g/mol. The second-order valence-electron chi connectivity index (χ2n) is 3.69. The number of halogens is 1. The molecular formula is C13H14ClNO2. The topological polar surface area (TPSA) is 23.4 Å². The smallest absolute Gasteiger partial charge is 0.162 e. The van der Waals surface area contributed by atoms with E-state index in [-0.39, 0.29) is 0 Å². The Kier molecular flexibility index (Phi) is 3.29. The average molecular weight is 252 g/mol. The van der Waals surface area contributed by atoms with Crippen LogP contribution in [0.15, 0.2) is 30.5 Å². The van der Waals surface area contributed by atoms with E-state index in [0.717, 1.165) is 11.3 Å². The van der Waals surface area contributed by atoms with E-state index in [1.165, 1.54) is 0 Å². The van der Waals surface area contributed by atoms with Gasteiger partial charge in [0.2, 0.25) is 0 Å². The van der Waals surface area contributed by atoms with Gasteiger partial charge in [-0.2, -0.15) is 0 Å². The van der Waals surface area contributed by atoms with Gasteiger partial charge in [-0.05, 0) is 18.2 Å². The van der Waals surface area contributed by atoms with Crippen LogP contribution in [0.25, 0.3) is 11.3 Å². The van der Waals surface area contributed by atoms with Crippen LogP contribution in [0.1, 0.15) is 0 Å². The standard InChI is InChI=1S/C13H14ClNO2/c1-15-6-4-5-11(15)9-7-12(16-2)13(17-3)8-10(9)14/h4-8H,1-3H3. The molecule has 1 heterocycles. The quantitative estimate of drug-likeness (QED) is 0.835. The second-order valence-corrected chi connectivity index (χ2v) is 4.10. The predicted molar refractivity (Wildman–Crippen MR) is 69.0 cm³/mol. The van der Waals surface area contributed by atoms with Crippen LogP contribution < -0.4 is 9.47 Å². The van der Waals surface area contributed by atoms with Crippen molar-refractivity contribution in [3.05, 3.63) is 35.5 Å². The first-order valence-corrected chi connectivity index (χ1v) is 5.58. The normalized spacial score (nSPS) is 10.4. The van der Waals surface area contributed by atoms with Gasteiger partial charge in [0.05, 0.1) is 19.2 Å². The molecule has 17 heavy (non-hydrogen) atoms. The summed E-state index contributed by atoms with van der Waals surface area (Å²) in [6.45, 7) is 0. The molecule has 1 aromatic heterocycles. The predicted octanol–water partition coefficient (Wildman–Crippen LogP) is 3.36. The molecule has 0 radical (unpaired) electrons. The first kappa shape index (κ1) is 11.9. The van der Waals surface area contributed by atoms with Crippen molar-refractivity contribution in [2.45, 2.75) is 0 Å². The molecule has 0 saturated heterocycles. The molecule has 0 spiro atoms. The number of nitrogens with zero attached hydrogens (tertiary/aromatic N) is 1. The monoisotopic (exact) mass is 251 g/mol. The van der Waals surface area contributed by atoms with Crippen molar-refractivity contribution in [1.29, 1.82) is 0 Å². The summed E-state index contributed by atoms with van der Waals surface area (Å²) in [6.07, 6.45) is 1.97. The van der Waals surface area contributed by atoms with Crippen LogP contribution in [0.2, 0.25) is 5.02 Å². The summed E-state index contributed by atoms with van der Waals surface area (Å²) in [7, 11) is 5.18. The number of ether oxygens (including phenoxy) is 2. The van der Waals surface area contributed by atoms with E-state index in [2.05, 4.69) is 0 Å². The van der Waals surface area contributed by atoms with Gasteiger partial charge in [0.25, 0.3) is 0 Å². The van der Waals surface area contributed by atoms with Crippen molar-refractivity contribution >= 4 is 11.6 Å². The Hall–Kier alpha value is -1.61. The fraction of sp³-hybridized carbons (Fsp3) is 0.231. The number of benzene rings is 1. The molecule has 0 atom stereocenters. The molecule has 0 bridgehead atoms. The second kappa shape index (κ2) is 4.72. The lowest BCUT2D eigenvalue weighted by atomic mass is 10.1. The van der Waals surface area contributed by atoms with E-state index in [1.807, 2.05) is 36.0 Å². The van der Waals surface area contributed by atoms with Gasteiger partial charge < -0.3 is 14.0 Å². The highest BCUT2D eigenvalue weighted by molar-refractivity contribution is 6.33. The third-order valence-electron chi connectivity index (χ3n) is 2.69. The Morgan fingerprint density at radius 1 is 1.12 bits per heavy atom. The maximum Gasteiger partial charge on any atom is 0.162 e. The summed E-state index contributed by atoms with van der Waals surface area (Å²) in [4.78, 5) is 0. The van der Waals surface area contributed by atoms with Crippen LogP contribution in [0, 0.1) is 0 Å². The molecule has 2 aromatic rings. The molecule has 0 aliphatic rings. The summed E-state index contributed by atoms with van der Waals surface area (Å²) >= 11 is 6.25. The molecule has 4 heteroatoms. The average Bonchev–Trinajstić information content (AvgIpc) is 2.75. The minimum atomic E-state index is 0.635. The lowest BCUT2D eigenvalue weighted by molar-refractivity contribution is 0.355. The fourth-order valence-corrected chi connectivity index (χ4v) is 2.04. The van der Waals surface area contributed by atoms with Gasteiger partial charge in [0, 0.05) is 30.6 Å². The Bertz CT molecular complexity index is 534. The number of hydrogen-bond donors (Lipinski definition) is 0. The Morgan fingerprint density at radius 2 is 1.76 bits per heavy atom. The molecule has 0 unspecified atom stereocenters. The van der Waals surface area contributed by atoms with E-state index in [4.69, 9.17) is 21.1 Å². The number of aryl methyl sites for hydroxylation is 1. The summed E-state index contributed by atoms with van der Waals surface area (Å²) in [5.74, 6) is 1.31. The SMILES string of the molecule is COc1cc(Cl)c(-c2cccn2C)cc1OC.